The Labute approximate surface area is 124 Å². The van der Waals surface area contributed by atoms with E-state index < -0.39 is 0 Å². The van der Waals surface area contributed by atoms with E-state index in [1.165, 1.54) is 24.1 Å². The summed E-state index contributed by atoms with van der Waals surface area (Å²) in [4.78, 5) is 6.46. The van der Waals surface area contributed by atoms with Crippen molar-refractivity contribution in [2.24, 2.45) is 5.73 Å². The van der Waals surface area contributed by atoms with E-state index in [9.17, 15) is 0 Å². The van der Waals surface area contributed by atoms with Gasteiger partial charge in [0.2, 0.25) is 0 Å². The molecule has 106 valence electrons. The topological polar surface area (TPSA) is 32.5 Å². The maximum absolute atomic E-state index is 6.07. The Balaban J connectivity index is 1.77. The van der Waals surface area contributed by atoms with Crippen LogP contribution in [0.25, 0.3) is 0 Å². The molecule has 2 aliphatic rings. The molecule has 2 N–H and O–H groups in total. The summed E-state index contributed by atoms with van der Waals surface area (Å²) in [6, 6.07) is 5.94. The van der Waals surface area contributed by atoms with Crippen LogP contribution < -0.4 is 5.73 Å². The van der Waals surface area contributed by atoms with Crippen LogP contribution in [0.2, 0.25) is 4.34 Å². The second-order valence-electron chi connectivity index (χ2n) is 5.73. The van der Waals surface area contributed by atoms with Crippen molar-refractivity contribution >= 4 is 22.9 Å². The molecule has 19 heavy (non-hydrogen) atoms. The highest BCUT2D eigenvalue weighted by atomic mass is 35.5. The predicted molar refractivity (Wildman–Crippen MR) is 81.9 cm³/mol. The second-order valence-corrected chi connectivity index (χ2v) is 7.47. The minimum atomic E-state index is 0.338. The number of hydrogen-bond acceptors (Lipinski definition) is 4. The van der Waals surface area contributed by atoms with Crippen molar-refractivity contribution in [1.29, 1.82) is 0 Å². The van der Waals surface area contributed by atoms with Crippen molar-refractivity contribution in [3.63, 3.8) is 0 Å². The molecule has 3 rings (SSSR count). The summed E-state index contributed by atoms with van der Waals surface area (Å²) < 4.78 is 0.863. The molecule has 2 bridgehead atoms. The van der Waals surface area contributed by atoms with Gasteiger partial charge in [-0.2, -0.15) is 0 Å². The van der Waals surface area contributed by atoms with Gasteiger partial charge in [-0.05, 0) is 38.4 Å². The van der Waals surface area contributed by atoms with E-state index in [0.717, 1.165) is 23.5 Å². The molecule has 0 aliphatic carbocycles. The Morgan fingerprint density at radius 3 is 2.84 bits per heavy atom. The third-order valence-electron chi connectivity index (χ3n) is 4.77. The largest absolute Gasteiger partial charge is 0.329 e. The molecule has 3 atom stereocenters. The first-order valence-corrected chi connectivity index (χ1v) is 8.29. The zero-order valence-electron chi connectivity index (χ0n) is 11.4. The van der Waals surface area contributed by atoms with Gasteiger partial charge in [0.25, 0.3) is 0 Å². The number of rotatable bonds is 3. The molecule has 1 aromatic heterocycles. The number of nitrogens with two attached hydrogens (primary N) is 1. The third-order valence-corrected chi connectivity index (χ3v) is 6.10. The molecule has 1 aromatic rings. The summed E-state index contributed by atoms with van der Waals surface area (Å²) in [6.45, 7) is 2.98. The predicted octanol–water partition coefficient (Wildman–Crippen LogP) is 2.57. The first-order chi connectivity index (χ1) is 9.19. The highest BCUT2D eigenvalue weighted by Gasteiger charge is 2.36. The lowest BCUT2D eigenvalue weighted by Crippen LogP contribution is -2.40. The van der Waals surface area contributed by atoms with Gasteiger partial charge in [0, 0.05) is 36.6 Å². The molecular formula is C14H22ClN3S. The Hall–Kier alpha value is -0.130. The van der Waals surface area contributed by atoms with Crippen molar-refractivity contribution in [3.8, 4) is 0 Å². The number of thiophene rings is 1. The summed E-state index contributed by atoms with van der Waals surface area (Å²) in [5.74, 6) is 0. The van der Waals surface area contributed by atoms with Gasteiger partial charge >= 0.3 is 0 Å². The average molecular weight is 300 g/mol. The van der Waals surface area contributed by atoms with Crippen LogP contribution in [-0.2, 0) is 0 Å². The van der Waals surface area contributed by atoms with E-state index in [1.54, 1.807) is 11.3 Å². The van der Waals surface area contributed by atoms with E-state index in [2.05, 4.69) is 22.9 Å². The lowest BCUT2D eigenvalue weighted by atomic mass is 10.1. The van der Waals surface area contributed by atoms with E-state index in [0.29, 0.717) is 18.6 Å². The molecule has 0 aromatic carbocycles. The smallest absolute Gasteiger partial charge is 0.0931 e. The Morgan fingerprint density at radius 1 is 1.37 bits per heavy atom. The summed E-state index contributed by atoms with van der Waals surface area (Å²) in [6.07, 6.45) is 3.97. The van der Waals surface area contributed by atoms with Gasteiger partial charge in [0.1, 0.15) is 0 Å². The van der Waals surface area contributed by atoms with Crippen molar-refractivity contribution in [2.45, 2.75) is 37.4 Å². The molecular weight excluding hydrogens is 278 g/mol. The van der Waals surface area contributed by atoms with Gasteiger partial charge in [0.15, 0.2) is 0 Å². The quantitative estimate of drug-likeness (QED) is 0.931. The van der Waals surface area contributed by atoms with Crippen LogP contribution in [0.5, 0.6) is 0 Å². The summed E-state index contributed by atoms with van der Waals surface area (Å²) in [5, 5.41) is 0. The minimum absolute atomic E-state index is 0.338. The van der Waals surface area contributed by atoms with Crippen LogP contribution in [-0.4, -0.2) is 48.6 Å². The average Bonchev–Trinajstić information content (AvgIpc) is 2.88. The second kappa shape index (κ2) is 5.70. The van der Waals surface area contributed by atoms with Crippen molar-refractivity contribution in [2.75, 3.05) is 26.7 Å². The van der Waals surface area contributed by atoms with Crippen LogP contribution in [0.4, 0.5) is 0 Å². The van der Waals surface area contributed by atoms with Crippen LogP contribution in [0.3, 0.4) is 0 Å². The van der Waals surface area contributed by atoms with Crippen LogP contribution in [0.1, 0.15) is 30.2 Å². The highest BCUT2D eigenvalue weighted by Crippen LogP contribution is 2.34. The molecule has 0 saturated carbocycles. The molecule has 5 heteroatoms. The monoisotopic (exact) mass is 299 g/mol. The van der Waals surface area contributed by atoms with E-state index >= 15 is 0 Å². The first kappa shape index (κ1) is 13.8. The normalized spacial score (nSPS) is 30.5. The highest BCUT2D eigenvalue weighted by molar-refractivity contribution is 7.16. The Kier molecular flexibility index (Phi) is 4.15. The van der Waals surface area contributed by atoms with Crippen LogP contribution in [0, 0.1) is 0 Å². The fraction of sp³-hybridized carbons (Fsp3) is 0.714. The Morgan fingerprint density at radius 2 is 2.16 bits per heavy atom. The molecule has 3 unspecified atom stereocenters. The lowest BCUT2D eigenvalue weighted by Gasteiger charge is -2.32. The standard InChI is InChI=1S/C14H22ClN3S/c1-17-10-2-3-11(17)9-18(7-6-10)12(8-16)13-4-5-14(15)19-13/h4-5,10-12H,2-3,6-9,16H2,1H3. The Bertz CT molecular complexity index is 436. The number of hydrogen-bond donors (Lipinski definition) is 1. The van der Waals surface area contributed by atoms with E-state index in [1.807, 2.05) is 6.07 Å². The van der Waals surface area contributed by atoms with E-state index in [4.69, 9.17) is 17.3 Å². The lowest BCUT2D eigenvalue weighted by molar-refractivity contribution is 0.177. The van der Waals surface area contributed by atoms with E-state index in [-0.39, 0.29) is 0 Å². The zero-order valence-corrected chi connectivity index (χ0v) is 13.0. The van der Waals surface area contributed by atoms with Gasteiger partial charge in [-0.15, -0.1) is 11.3 Å². The molecule has 3 nitrogen and oxygen atoms in total. The third kappa shape index (κ3) is 2.69. The van der Waals surface area contributed by atoms with Crippen LogP contribution in [0.15, 0.2) is 12.1 Å². The number of likely N-dealkylation sites (tertiary alicyclic amines) is 1. The van der Waals surface area contributed by atoms with Crippen LogP contribution >= 0.6 is 22.9 Å². The molecule has 2 aliphatic heterocycles. The summed E-state index contributed by atoms with van der Waals surface area (Å²) in [5.41, 5.74) is 6.04. The maximum Gasteiger partial charge on any atom is 0.0931 e. The van der Waals surface area contributed by atoms with Gasteiger partial charge < -0.3 is 5.73 Å². The number of fused-ring (bicyclic) bond motifs is 2. The fourth-order valence-electron chi connectivity index (χ4n) is 3.57. The molecule has 2 fully saturated rings. The van der Waals surface area contributed by atoms with Crippen molar-refractivity contribution in [3.05, 3.63) is 21.3 Å². The van der Waals surface area contributed by atoms with Gasteiger partial charge in [-0.25, -0.2) is 0 Å². The number of nitrogens with zero attached hydrogens (tertiary/aromatic N) is 2. The fourth-order valence-corrected chi connectivity index (χ4v) is 4.78. The minimum Gasteiger partial charge on any atom is -0.329 e. The SMILES string of the molecule is CN1C2CCC1CN(C(CN)c1ccc(Cl)s1)CC2. The molecule has 2 saturated heterocycles. The summed E-state index contributed by atoms with van der Waals surface area (Å²) in [7, 11) is 2.28. The van der Waals surface area contributed by atoms with Crippen molar-refractivity contribution < 1.29 is 0 Å². The number of likely N-dealkylation sites (N-methyl/N-ethyl adjacent to an activating group) is 1. The summed E-state index contributed by atoms with van der Waals surface area (Å²) >= 11 is 7.74. The molecule has 3 heterocycles. The van der Waals surface area contributed by atoms with Gasteiger partial charge in [-0.3, -0.25) is 9.80 Å². The molecule has 0 amide bonds. The maximum atomic E-state index is 6.07. The molecule has 0 spiro atoms. The van der Waals surface area contributed by atoms with Crippen molar-refractivity contribution in [1.82, 2.24) is 9.80 Å². The first-order valence-electron chi connectivity index (χ1n) is 7.10. The van der Waals surface area contributed by atoms with Gasteiger partial charge in [0.05, 0.1) is 10.4 Å². The zero-order chi connectivity index (χ0) is 13.4. The molecule has 0 radical (unpaired) electrons. The van der Waals surface area contributed by atoms with Gasteiger partial charge in [-0.1, -0.05) is 11.6 Å². The number of halogens is 1.